The molecule has 78 valence electrons. The van der Waals surface area contributed by atoms with Crippen molar-refractivity contribution < 1.29 is 19.1 Å². The average Bonchev–Trinajstić information content (AvgIpc) is 2.56. The standard InChI is InChI=1S/C9H7NO5/c1-14-5-2-4(8(11)12)3-6-7(5)10-9(13)15-6/h2-3H,1H3,(H,10,13)(H,11,12). The minimum atomic E-state index is -1.11. The first kappa shape index (κ1) is 9.32. The fraction of sp³-hybridized carbons (Fsp3) is 0.111. The molecular formula is C9H7NO5. The van der Waals surface area contributed by atoms with Crippen molar-refractivity contribution >= 4 is 17.1 Å². The van der Waals surface area contributed by atoms with Crippen LogP contribution in [0.5, 0.6) is 5.75 Å². The third kappa shape index (κ3) is 1.45. The Morgan fingerprint density at radius 1 is 1.53 bits per heavy atom. The molecule has 0 amide bonds. The van der Waals surface area contributed by atoms with Crippen LogP contribution < -0.4 is 10.5 Å². The molecule has 0 aliphatic carbocycles. The first-order valence-corrected chi connectivity index (χ1v) is 4.06. The number of nitrogens with one attached hydrogen (secondary N) is 1. The molecule has 0 aliphatic rings. The molecular weight excluding hydrogens is 202 g/mol. The van der Waals surface area contributed by atoms with Crippen LogP contribution in [0.3, 0.4) is 0 Å². The summed E-state index contributed by atoms with van der Waals surface area (Å²) in [5.41, 5.74) is 0.520. The number of aromatic nitrogens is 1. The Kier molecular flexibility index (Phi) is 1.96. The van der Waals surface area contributed by atoms with E-state index in [0.29, 0.717) is 5.52 Å². The maximum absolute atomic E-state index is 10.9. The first-order valence-electron chi connectivity index (χ1n) is 4.06. The van der Waals surface area contributed by atoms with E-state index in [1.54, 1.807) is 0 Å². The highest BCUT2D eigenvalue weighted by Gasteiger charge is 2.13. The molecule has 0 unspecified atom stereocenters. The van der Waals surface area contributed by atoms with Gasteiger partial charge in [0.2, 0.25) is 0 Å². The summed E-state index contributed by atoms with van der Waals surface area (Å²) in [6.45, 7) is 0. The number of methoxy groups -OCH3 is 1. The van der Waals surface area contributed by atoms with E-state index < -0.39 is 11.7 Å². The molecule has 0 fully saturated rings. The van der Waals surface area contributed by atoms with Gasteiger partial charge >= 0.3 is 11.7 Å². The molecule has 0 radical (unpaired) electrons. The van der Waals surface area contributed by atoms with Gasteiger partial charge in [-0.1, -0.05) is 0 Å². The van der Waals surface area contributed by atoms with Crippen LogP contribution in [0.2, 0.25) is 0 Å². The maximum atomic E-state index is 10.9. The van der Waals surface area contributed by atoms with E-state index in [9.17, 15) is 9.59 Å². The smallest absolute Gasteiger partial charge is 0.417 e. The number of carboxylic acids is 1. The van der Waals surface area contributed by atoms with E-state index in [1.807, 2.05) is 0 Å². The highest BCUT2D eigenvalue weighted by atomic mass is 16.5. The third-order valence-electron chi connectivity index (χ3n) is 1.96. The second kappa shape index (κ2) is 3.16. The van der Waals surface area contributed by atoms with E-state index in [1.165, 1.54) is 19.2 Å². The Labute approximate surface area is 83.1 Å². The van der Waals surface area contributed by atoms with Crippen molar-refractivity contribution in [2.45, 2.75) is 0 Å². The summed E-state index contributed by atoms with van der Waals surface area (Å²) in [5, 5.41) is 8.79. The van der Waals surface area contributed by atoms with Crippen LogP contribution in [0.4, 0.5) is 0 Å². The topological polar surface area (TPSA) is 92.5 Å². The van der Waals surface area contributed by atoms with Crippen molar-refractivity contribution in [3.8, 4) is 5.75 Å². The minimum absolute atomic E-state index is 0.00194. The van der Waals surface area contributed by atoms with Crippen molar-refractivity contribution in [3.63, 3.8) is 0 Å². The Morgan fingerprint density at radius 3 is 2.87 bits per heavy atom. The molecule has 0 atom stereocenters. The molecule has 1 aromatic carbocycles. The summed E-state index contributed by atoms with van der Waals surface area (Å²) < 4.78 is 9.68. The number of benzene rings is 1. The molecule has 2 aromatic rings. The maximum Gasteiger partial charge on any atom is 0.417 e. The zero-order valence-electron chi connectivity index (χ0n) is 7.73. The highest BCUT2D eigenvalue weighted by Crippen LogP contribution is 2.24. The first-order chi connectivity index (χ1) is 7.11. The Hall–Kier alpha value is -2.24. The minimum Gasteiger partial charge on any atom is -0.494 e. The number of fused-ring (bicyclic) bond motifs is 1. The van der Waals surface area contributed by atoms with Gasteiger partial charge in [0, 0.05) is 0 Å². The number of aromatic carboxylic acids is 1. The predicted molar refractivity (Wildman–Crippen MR) is 50.3 cm³/mol. The monoisotopic (exact) mass is 209 g/mol. The molecule has 2 N–H and O–H groups in total. The van der Waals surface area contributed by atoms with Crippen LogP contribution in [0.1, 0.15) is 10.4 Å². The number of H-pyrrole nitrogens is 1. The van der Waals surface area contributed by atoms with Crippen molar-refractivity contribution in [2.24, 2.45) is 0 Å². The number of ether oxygens (including phenoxy) is 1. The van der Waals surface area contributed by atoms with Crippen LogP contribution in [-0.2, 0) is 0 Å². The number of carbonyl (C=O) groups is 1. The van der Waals surface area contributed by atoms with E-state index in [2.05, 4.69) is 4.98 Å². The number of rotatable bonds is 2. The largest absolute Gasteiger partial charge is 0.494 e. The van der Waals surface area contributed by atoms with Crippen molar-refractivity contribution in [1.29, 1.82) is 0 Å². The van der Waals surface area contributed by atoms with Crippen LogP contribution in [0.15, 0.2) is 21.3 Å². The molecule has 0 spiro atoms. The number of carboxylic acid groups (broad SMARTS) is 1. The van der Waals surface area contributed by atoms with Crippen LogP contribution >= 0.6 is 0 Å². The van der Waals surface area contributed by atoms with Crippen LogP contribution in [0.25, 0.3) is 11.1 Å². The van der Waals surface area contributed by atoms with E-state index >= 15 is 0 Å². The van der Waals surface area contributed by atoms with Gasteiger partial charge in [-0.25, -0.2) is 9.59 Å². The molecule has 2 rings (SSSR count). The van der Waals surface area contributed by atoms with Crippen molar-refractivity contribution in [3.05, 3.63) is 28.2 Å². The molecule has 6 nitrogen and oxygen atoms in total. The molecule has 1 heterocycles. The molecule has 0 aliphatic heterocycles. The zero-order chi connectivity index (χ0) is 11.0. The second-order valence-electron chi connectivity index (χ2n) is 2.87. The Morgan fingerprint density at radius 2 is 2.27 bits per heavy atom. The summed E-state index contributed by atoms with van der Waals surface area (Å²) >= 11 is 0. The van der Waals surface area contributed by atoms with Gasteiger partial charge in [-0.3, -0.25) is 4.98 Å². The van der Waals surface area contributed by atoms with Gasteiger partial charge in [0.1, 0.15) is 11.3 Å². The second-order valence-corrected chi connectivity index (χ2v) is 2.87. The van der Waals surface area contributed by atoms with E-state index in [-0.39, 0.29) is 16.9 Å². The normalized spacial score (nSPS) is 10.5. The van der Waals surface area contributed by atoms with Gasteiger partial charge < -0.3 is 14.3 Å². The van der Waals surface area contributed by atoms with Gasteiger partial charge in [0.25, 0.3) is 0 Å². The number of hydrogen-bond donors (Lipinski definition) is 2. The quantitative estimate of drug-likeness (QED) is 0.764. The summed E-state index contributed by atoms with van der Waals surface area (Å²) in [6, 6.07) is 2.58. The van der Waals surface area contributed by atoms with Gasteiger partial charge in [-0.05, 0) is 12.1 Å². The molecule has 0 saturated carbocycles. The van der Waals surface area contributed by atoms with Crippen LogP contribution in [-0.4, -0.2) is 23.2 Å². The lowest BCUT2D eigenvalue weighted by molar-refractivity contribution is 0.0696. The lowest BCUT2D eigenvalue weighted by atomic mass is 10.2. The number of aromatic amines is 1. The molecule has 0 saturated heterocycles. The summed E-state index contributed by atoms with van der Waals surface area (Å²) in [6.07, 6.45) is 0. The van der Waals surface area contributed by atoms with Crippen molar-refractivity contribution in [2.75, 3.05) is 7.11 Å². The van der Waals surface area contributed by atoms with Gasteiger partial charge in [-0.2, -0.15) is 0 Å². The SMILES string of the molecule is COc1cc(C(=O)O)cc2oc(=O)[nH]c12. The molecule has 0 bridgehead atoms. The lowest BCUT2D eigenvalue weighted by Gasteiger charge is -2.01. The Bertz CT molecular complexity index is 580. The third-order valence-corrected chi connectivity index (χ3v) is 1.96. The fourth-order valence-corrected chi connectivity index (χ4v) is 1.31. The number of oxazole rings is 1. The van der Waals surface area contributed by atoms with E-state index in [0.717, 1.165) is 0 Å². The molecule has 6 heteroatoms. The average molecular weight is 209 g/mol. The summed E-state index contributed by atoms with van der Waals surface area (Å²) in [7, 11) is 1.38. The summed E-state index contributed by atoms with van der Waals surface area (Å²) in [5.74, 6) is -1.50. The van der Waals surface area contributed by atoms with Gasteiger partial charge in [0.15, 0.2) is 5.58 Å². The van der Waals surface area contributed by atoms with Crippen LogP contribution in [0, 0.1) is 0 Å². The van der Waals surface area contributed by atoms with E-state index in [4.69, 9.17) is 14.3 Å². The molecule has 15 heavy (non-hydrogen) atoms. The van der Waals surface area contributed by atoms with Gasteiger partial charge in [0.05, 0.1) is 12.7 Å². The predicted octanol–water partition coefficient (Wildman–Crippen LogP) is 0.828. The number of hydrogen-bond acceptors (Lipinski definition) is 4. The lowest BCUT2D eigenvalue weighted by Crippen LogP contribution is -1.97. The zero-order valence-corrected chi connectivity index (χ0v) is 7.73. The highest BCUT2D eigenvalue weighted by molar-refractivity contribution is 5.94. The fourth-order valence-electron chi connectivity index (χ4n) is 1.31. The van der Waals surface area contributed by atoms with Gasteiger partial charge in [-0.15, -0.1) is 0 Å². The summed E-state index contributed by atoms with van der Waals surface area (Å²) in [4.78, 5) is 24.1. The Balaban J connectivity index is 2.81. The van der Waals surface area contributed by atoms with Crippen molar-refractivity contribution in [1.82, 2.24) is 4.98 Å². The molecule has 1 aromatic heterocycles.